The maximum Gasteiger partial charge on any atom is 0.451 e. The zero-order valence-electron chi connectivity index (χ0n) is 18.1. The molecule has 1 fully saturated rings. The Morgan fingerprint density at radius 3 is 2.62 bits per heavy atom. The standard InChI is InChI=1S/C24H21F3N6O/c25-24(26,27)23-31-19(18-4-1-2-11-29-18)14-21(32-23)33-13-3-5-20(33)22(34)30-12-10-16-6-8-17(15-28)9-7-16/h1-2,4,6-9,11,14,20H,3,5,10,12-13H2,(H,30,34). The summed E-state index contributed by atoms with van der Waals surface area (Å²) in [6.07, 6.45) is -1.53. The van der Waals surface area contributed by atoms with Gasteiger partial charge in [-0.1, -0.05) is 18.2 Å². The van der Waals surface area contributed by atoms with Gasteiger partial charge >= 0.3 is 6.18 Å². The lowest BCUT2D eigenvalue weighted by Gasteiger charge is -2.26. The summed E-state index contributed by atoms with van der Waals surface area (Å²) in [5.41, 5.74) is 1.86. The number of benzene rings is 1. The third kappa shape index (κ3) is 5.31. The van der Waals surface area contributed by atoms with Crippen LogP contribution in [0.2, 0.25) is 0 Å². The topological polar surface area (TPSA) is 94.8 Å². The average Bonchev–Trinajstić information content (AvgIpc) is 3.34. The Balaban J connectivity index is 1.51. The molecule has 7 nitrogen and oxygen atoms in total. The number of rotatable bonds is 6. The second kappa shape index (κ2) is 9.87. The van der Waals surface area contributed by atoms with Gasteiger partial charge in [0.25, 0.3) is 0 Å². The molecule has 1 N–H and O–H groups in total. The number of nitrogens with zero attached hydrogens (tertiary/aromatic N) is 5. The molecule has 1 aliphatic rings. The van der Waals surface area contributed by atoms with Crippen LogP contribution in [-0.2, 0) is 17.4 Å². The number of pyridine rings is 1. The predicted octanol–water partition coefficient (Wildman–Crippen LogP) is 3.76. The second-order valence-electron chi connectivity index (χ2n) is 7.85. The highest BCUT2D eigenvalue weighted by molar-refractivity contribution is 5.85. The van der Waals surface area contributed by atoms with Gasteiger partial charge in [-0.25, -0.2) is 9.97 Å². The number of hydrogen-bond donors (Lipinski definition) is 1. The number of hydrogen-bond acceptors (Lipinski definition) is 6. The van der Waals surface area contributed by atoms with Crippen molar-refractivity contribution in [2.75, 3.05) is 18.0 Å². The van der Waals surface area contributed by atoms with Crippen LogP contribution in [0.1, 0.15) is 29.8 Å². The largest absolute Gasteiger partial charge is 0.451 e. The zero-order chi connectivity index (χ0) is 24.1. The Morgan fingerprint density at radius 2 is 1.94 bits per heavy atom. The number of carbonyl (C=O) groups excluding carboxylic acids is 1. The monoisotopic (exact) mass is 466 g/mol. The Kier molecular flexibility index (Phi) is 6.72. The number of halogens is 3. The SMILES string of the molecule is N#Cc1ccc(CCNC(=O)C2CCCN2c2cc(-c3ccccn3)nc(C(F)(F)F)n2)cc1. The Hall–Kier alpha value is -4.00. The van der Waals surface area contributed by atoms with Crippen LogP contribution in [0.25, 0.3) is 11.4 Å². The lowest BCUT2D eigenvalue weighted by molar-refractivity contribution is -0.144. The molecule has 34 heavy (non-hydrogen) atoms. The van der Waals surface area contributed by atoms with Gasteiger partial charge in [0.05, 0.1) is 23.0 Å². The molecule has 0 spiro atoms. The first-order valence-electron chi connectivity index (χ1n) is 10.8. The summed E-state index contributed by atoms with van der Waals surface area (Å²) in [5.74, 6) is -1.48. The number of nitriles is 1. The lowest BCUT2D eigenvalue weighted by Crippen LogP contribution is -2.44. The molecule has 0 bridgehead atoms. The van der Waals surface area contributed by atoms with Crippen molar-refractivity contribution in [2.24, 2.45) is 0 Å². The van der Waals surface area contributed by atoms with Crippen LogP contribution < -0.4 is 10.2 Å². The maximum absolute atomic E-state index is 13.5. The fourth-order valence-corrected chi connectivity index (χ4v) is 3.86. The Labute approximate surface area is 194 Å². The fraction of sp³-hybridized carbons (Fsp3) is 0.292. The molecule has 1 aromatic carbocycles. The molecule has 2 aromatic heterocycles. The first-order chi connectivity index (χ1) is 16.3. The molecule has 0 saturated carbocycles. The smallest absolute Gasteiger partial charge is 0.354 e. The summed E-state index contributed by atoms with van der Waals surface area (Å²) in [7, 11) is 0. The molecule has 174 valence electrons. The highest BCUT2D eigenvalue weighted by Gasteiger charge is 2.38. The van der Waals surface area contributed by atoms with E-state index in [0.29, 0.717) is 43.6 Å². The van der Waals surface area contributed by atoms with Gasteiger partial charge in [-0.2, -0.15) is 18.4 Å². The number of amides is 1. The van der Waals surface area contributed by atoms with E-state index in [1.165, 1.54) is 12.3 Å². The number of nitrogens with one attached hydrogen (secondary N) is 1. The predicted molar refractivity (Wildman–Crippen MR) is 119 cm³/mol. The van der Waals surface area contributed by atoms with E-state index in [-0.39, 0.29) is 17.4 Å². The minimum atomic E-state index is -4.74. The molecule has 10 heteroatoms. The first kappa shape index (κ1) is 23.2. The summed E-state index contributed by atoms with van der Waals surface area (Å²) in [4.78, 5) is 26.0. The van der Waals surface area contributed by atoms with E-state index in [2.05, 4.69) is 26.3 Å². The molecular formula is C24H21F3N6O. The van der Waals surface area contributed by atoms with E-state index in [4.69, 9.17) is 5.26 Å². The van der Waals surface area contributed by atoms with E-state index in [0.717, 1.165) is 5.56 Å². The maximum atomic E-state index is 13.5. The van der Waals surface area contributed by atoms with E-state index >= 15 is 0 Å². The highest BCUT2D eigenvalue weighted by atomic mass is 19.4. The summed E-state index contributed by atoms with van der Waals surface area (Å²) >= 11 is 0. The Bertz CT molecular complexity index is 1190. The zero-order valence-corrected chi connectivity index (χ0v) is 18.1. The number of carbonyl (C=O) groups is 1. The van der Waals surface area contributed by atoms with Gasteiger partial charge in [0, 0.05) is 25.4 Å². The van der Waals surface area contributed by atoms with Crippen LogP contribution in [0.3, 0.4) is 0 Å². The van der Waals surface area contributed by atoms with Crippen molar-refractivity contribution in [3.05, 3.63) is 71.7 Å². The first-order valence-corrected chi connectivity index (χ1v) is 10.8. The summed E-state index contributed by atoms with van der Waals surface area (Å²) < 4.78 is 40.6. The van der Waals surface area contributed by atoms with Gasteiger partial charge in [-0.3, -0.25) is 9.78 Å². The van der Waals surface area contributed by atoms with Crippen LogP contribution in [0.5, 0.6) is 0 Å². The molecule has 1 amide bonds. The van der Waals surface area contributed by atoms with Crippen LogP contribution in [-0.4, -0.2) is 40.0 Å². The van der Waals surface area contributed by atoms with Gasteiger partial charge in [0.1, 0.15) is 11.9 Å². The van der Waals surface area contributed by atoms with Crippen molar-refractivity contribution >= 4 is 11.7 Å². The Morgan fingerprint density at radius 1 is 1.15 bits per heavy atom. The summed E-state index contributed by atoms with van der Waals surface area (Å²) in [5, 5.41) is 11.7. The normalized spacial score (nSPS) is 15.7. The molecule has 1 atom stereocenters. The third-order valence-electron chi connectivity index (χ3n) is 5.54. The summed E-state index contributed by atoms with van der Waals surface area (Å²) in [6.45, 7) is 0.773. The van der Waals surface area contributed by atoms with Crippen LogP contribution in [0.15, 0.2) is 54.7 Å². The van der Waals surface area contributed by atoms with E-state index in [1.807, 2.05) is 12.1 Å². The van der Waals surface area contributed by atoms with E-state index < -0.39 is 18.0 Å². The quantitative estimate of drug-likeness (QED) is 0.595. The van der Waals surface area contributed by atoms with Crippen molar-refractivity contribution in [3.63, 3.8) is 0 Å². The molecule has 0 aliphatic carbocycles. The van der Waals surface area contributed by atoms with Gasteiger partial charge in [0.2, 0.25) is 11.7 Å². The molecule has 3 aromatic rings. The van der Waals surface area contributed by atoms with Gasteiger partial charge in [-0.05, 0) is 49.1 Å². The van der Waals surface area contributed by atoms with Gasteiger partial charge in [-0.15, -0.1) is 0 Å². The lowest BCUT2D eigenvalue weighted by atomic mass is 10.1. The van der Waals surface area contributed by atoms with Gasteiger partial charge < -0.3 is 10.2 Å². The van der Waals surface area contributed by atoms with E-state index in [9.17, 15) is 18.0 Å². The second-order valence-corrected chi connectivity index (χ2v) is 7.85. The van der Waals surface area contributed by atoms with Crippen LogP contribution >= 0.6 is 0 Å². The molecule has 4 rings (SSSR count). The minimum absolute atomic E-state index is 0.0461. The molecule has 1 saturated heterocycles. The highest BCUT2D eigenvalue weighted by Crippen LogP contribution is 2.32. The van der Waals surface area contributed by atoms with Crippen molar-refractivity contribution in [2.45, 2.75) is 31.5 Å². The average molecular weight is 466 g/mol. The summed E-state index contributed by atoms with van der Waals surface area (Å²) in [6, 6.07) is 14.8. The number of alkyl halides is 3. The van der Waals surface area contributed by atoms with Crippen molar-refractivity contribution < 1.29 is 18.0 Å². The molecule has 3 heterocycles. The fourth-order valence-electron chi connectivity index (χ4n) is 3.86. The van der Waals surface area contributed by atoms with Crippen LogP contribution in [0.4, 0.5) is 19.0 Å². The minimum Gasteiger partial charge on any atom is -0.354 e. The molecular weight excluding hydrogens is 445 g/mol. The van der Waals surface area contributed by atoms with Crippen molar-refractivity contribution in [1.29, 1.82) is 5.26 Å². The molecule has 0 radical (unpaired) electrons. The number of aromatic nitrogens is 3. The molecule has 1 aliphatic heterocycles. The van der Waals surface area contributed by atoms with Crippen LogP contribution in [0, 0.1) is 11.3 Å². The third-order valence-corrected chi connectivity index (χ3v) is 5.54. The number of anilines is 1. The van der Waals surface area contributed by atoms with Gasteiger partial charge in [0.15, 0.2) is 0 Å². The van der Waals surface area contributed by atoms with Crippen molar-refractivity contribution in [1.82, 2.24) is 20.3 Å². The molecule has 1 unspecified atom stereocenters. The van der Waals surface area contributed by atoms with E-state index in [1.54, 1.807) is 35.2 Å². The van der Waals surface area contributed by atoms with Crippen molar-refractivity contribution in [3.8, 4) is 17.5 Å².